The summed E-state index contributed by atoms with van der Waals surface area (Å²) >= 11 is 0. The van der Waals surface area contributed by atoms with Gasteiger partial charge in [0, 0.05) is 31.9 Å². The number of carbonyl (C=O) groups is 1. The summed E-state index contributed by atoms with van der Waals surface area (Å²) in [6.07, 6.45) is 4.93. The second-order valence-electron chi connectivity index (χ2n) is 7.27. The molecule has 6 heteroatoms. The molecule has 1 saturated carbocycles. The average molecular weight is 322 g/mol. The summed E-state index contributed by atoms with van der Waals surface area (Å²) in [7, 11) is 0. The minimum Gasteiger partial charge on any atom is -0.444 e. The highest BCUT2D eigenvalue weighted by Crippen LogP contribution is 2.32. The quantitative estimate of drug-likeness (QED) is 0.772. The molecule has 1 aliphatic carbocycles. The van der Waals surface area contributed by atoms with Crippen molar-refractivity contribution >= 4 is 6.09 Å². The lowest BCUT2D eigenvalue weighted by atomic mass is 10.2. The Hall–Kier alpha value is -1.56. The van der Waals surface area contributed by atoms with Gasteiger partial charge < -0.3 is 15.4 Å². The number of nitrogens with one attached hydrogen (secondary N) is 2. The van der Waals surface area contributed by atoms with Crippen molar-refractivity contribution in [3.8, 4) is 0 Å². The van der Waals surface area contributed by atoms with E-state index in [0.29, 0.717) is 5.92 Å². The Morgan fingerprint density at radius 3 is 2.83 bits per heavy atom. The smallest absolute Gasteiger partial charge is 0.407 e. The van der Waals surface area contributed by atoms with Crippen molar-refractivity contribution in [3.63, 3.8) is 0 Å². The Morgan fingerprint density at radius 1 is 1.48 bits per heavy atom. The van der Waals surface area contributed by atoms with Gasteiger partial charge in [0.1, 0.15) is 5.60 Å². The second kappa shape index (κ2) is 7.81. The molecule has 0 bridgehead atoms. The normalized spacial score (nSPS) is 16.2. The molecule has 1 aromatic rings. The zero-order chi connectivity index (χ0) is 16.9. The number of hydrogen-bond donors (Lipinski definition) is 2. The first-order valence-electron chi connectivity index (χ1n) is 8.60. The van der Waals surface area contributed by atoms with E-state index in [-0.39, 0.29) is 12.1 Å². The van der Waals surface area contributed by atoms with E-state index in [1.807, 2.05) is 37.7 Å². The fourth-order valence-electron chi connectivity index (χ4n) is 2.57. The maximum atomic E-state index is 12.0. The summed E-state index contributed by atoms with van der Waals surface area (Å²) in [5, 5.41) is 10.8. The molecule has 1 aliphatic rings. The van der Waals surface area contributed by atoms with E-state index >= 15 is 0 Å². The molecule has 0 aromatic carbocycles. The number of nitrogens with zero attached hydrogens (tertiary/aromatic N) is 2. The highest BCUT2D eigenvalue weighted by molar-refractivity contribution is 5.68. The molecule has 0 spiro atoms. The predicted molar refractivity (Wildman–Crippen MR) is 90.1 cm³/mol. The van der Waals surface area contributed by atoms with Crippen LogP contribution in [0.4, 0.5) is 4.79 Å². The number of alkyl carbamates (subject to hydrolysis) is 1. The highest BCUT2D eigenvalue weighted by atomic mass is 16.6. The molecule has 23 heavy (non-hydrogen) atoms. The largest absolute Gasteiger partial charge is 0.444 e. The van der Waals surface area contributed by atoms with Crippen molar-refractivity contribution in [2.45, 2.75) is 71.7 Å². The van der Waals surface area contributed by atoms with Crippen LogP contribution >= 0.6 is 0 Å². The minimum atomic E-state index is -0.460. The molecule has 0 saturated heterocycles. The van der Waals surface area contributed by atoms with Crippen LogP contribution in [-0.2, 0) is 17.8 Å². The van der Waals surface area contributed by atoms with Crippen molar-refractivity contribution in [2.75, 3.05) is 6.54 Å². The highest BCUT2D eigenvalue weighted by Gasteiger charge is 2.33. The van der Waals surface area contributed by atoms with Crippen LogP contribution in [0, 0.1) is 5.92 Å². The van der Waals surface area contributed by atoms with E-state index in [2.05, 4.69) is 22.7 Å². The van der Waals surface area contributed by atoms with E-state index in [1.54, 1.807) is 0 Å². The number of amides is 1. The van der Waals surface area contributed by atoms with Gasteiger partial charge in [-0.1, -0.05) is 6.92 Å². The summed E-state index contributed by atoms with van der Waals surface area (Å²) in [6.45, 7) is 10.2. The van der Waals surface area contributed by atoms with Crippen molar-refractivity contribution in [3.05, 3.63) is 18.0 Å². The van der Waals surface area contributed by atoms with E-state index in [1.165, 1.54) is 18.5 Å². The maximum absolute atomic E-state index is 12.0. The third kappa shape index (κ3) is 6.22. The van der Waals surface area contributed by atoms with Gasteiger partial charge in [0.25, 0.3) is 0 Å². The lowest BCUT2D eigenvalue weighted by Gasteiger charge is -2.24. The van der Waals surface area contributed by atoms with Gasteiger partial charge in [0.05, 0.1) is 5.69 Å². The van der Waals surface area contributed by atoms with Crippen molar-refractivity contribution in [2.24, 2.45) is 5.92 Å². The summed E-state index contributed by atoms with van der Waals surface area (Å²) in [4.78, 5) is 12.0. The number of ether oxygens (including phenoxy) is 1. The van der Waals surface area contributed by atoms with Crippen LogP contribution < -0.4 is 10.6 Å². The van der Waals surface area contributed by atoms with Crippen LogP contribution in [0.25, 0.3) is 0 Å². The van der Waals surface area contributed by atoms with E-state index < -0.39 is 5.60 Å². The summed E-state index contributed by atoms with van der Waals surface area (Å²) < 4.78 is 7.39. The molecule has 1 amide bonds. The standard InChI is InChI=1S/C17H30N4O2/c1-5-10-21-14(8-9-19-21)11-18-12-15(13-6-7-13)20-16(22)23-17(2,3)4/h8-9,13,15,18H,5-7,10-12H2,1-4H3,(H,20,22). The first kappa shape index (κ1) is 17.8. The van der Waals surface area contributed by atoms with Gasteiger partial charge >= 0.3 is 6.09 Å². The molecule has 1 aromatic heterocycles. The Morgan fingerprint density at radius 2 is 2.22 bits per heavy atom. The molecule has 1 fully saturated rings. The Balaban J connectivity index is 1.79. The van der Waals surface area contributed by atoms with Gasteiger partial charge in [-0.25, -0.2) is 4.79 Å². The van der Waals surface area contributed by atoms with Crippen LogP contribution in [0.3, 0.4) is 0 Å². The van der Waals surface area contributed by atoms with Gasteiger partial charge in [-0.05, 0) is 52.0 Å². The third-order valence-corrected chi connectivity index (χ3v) is 3.80. The van der Waals surface area contributed by atoms with Crippen LogP contribution in [0.15, 0.2) is 12.3 Å². The summed E-state index contributed by atoms with van der Waals surface area (Å²) in [5.74, 6) is 0.565. The number of carbonyl (C=O) groups excluding carboxylic acids is 1. The molecule has 0 aliphatic heterocycles. The Bertz CT molecular complexity index is 503. The van der Waals surface area contributed by atoms with Crippen LogP contribution in [0.2, 0.25) is 0 Å². The van der Waals surface area contributed by atoms with E-state index in [9.17, 15) is 4.79 Å². The van der Waals surface area contributed by atoms with Gasteiger partial charge in [-0.2, -0.15) is 5.10 Å². The molecular formula is C17H30N4O2. The molecule has 6 nitrogen and oxygen atoms in total. The van der Waals surface area contributed by atoms with Crippen molar-refractivity contribution in [1.29, 1.82) is 0 Å². The number of rotatable bonds is 8. The molecule has 1 atom stereocenters. The minimum absolute atomic E-state index is 0.132. The molecule has 1 heterocycles. The van der Waals surface area contributed by atoms with E-state index in [0.717, 1.165) is 26.1 Å². The zero-order valence-electron chi connectivity index (χ0n) is 14.8. The van der Waals surface area contributed by atoms with Gasteiger partial charge in [-0.3, -0.25) is 4.68 Å². The van der Waals surface area contributed by atoms with Crippen LogP contribution in [0.1, 0.15) is 52.7 Å². The van der Waals surface area contributed by atoms with Crippen molar-refractivity contribution < 1.29 is 9.53 Å². The monoisotopic (exact) mass is 322 g/mol. The maximum Gasteiger partial charge on any atom is 0.407 e. The van der Waals surface area contributed by atoms with Crippen LogP contribution in [0.5, 0.6) is 0 Å². The molecule has 130 valence electrons. The predicted octanol–water partition coefficient (Wildman–Crippen LogP) is 2.69. The molecule has 2 N–H and O–H groups in total. The molecular weight excluding hydrogens is 292 g/mol. The second-order valence-corrected chi connectivity index (χ2v) is 7.27. The van der Waals surface area contributed by atoms with Gasteiger partial charge in [-0.15, -0.1) is 0 Å². The molecule has 2 rings (SSSR count). The van der Waals surface area contributed by atoms with Crippen LogP contribution in [-0.4, -0.2) is 34.1 Å². The van der Waals surface area contributed by atoms with Gasteiger partial charge in [0.2, 0.25) is 0 Å². The zero-order valence-corrected chi connectivity index (χ0v) is 14.8. The van der Waals surface area contributed by atoms with E-state index in [4.69, 9.17) is 4.74 Å². The number of hydrogen-bond acceptors (Lipinski definition) is 4. The van der Waals surface area contributed by atoms with Crippen molar-refractivity contribution in [1.82, 2.24) is 20.4 Å². The lowest BCUT2D eigenvalue weighted by Crippen LogP contribution is -2.45. The number of aromatic nitrogens is 2. The molecule has 1 unspecified atom stereocenters. The number of aryl methyl sites for hydroxylation is 1. The third-order valence-electron chi connectivity index (χ3n) is 3.80. The topological polar surface area (TPSA) is 68.2 Å². The summed E-state index contributed by atoms with van der Waals surface area (Å²) in [5.41, 5.74) is 0.719. The SMILES string of the molecule is CCCn1nccc1CNCC(NC(=O)OC(C)(C)C)C1CC1. The average Bonchev–Trinajstić information content (AvgIpc) is 3.19. The fraction of sp³-hybridized carbons (Fsp3) is 0.765. The molecule has 0 radical (unpaired) electrons. The first-order chi connectivity index (χ1) is 10.9. The summed E-state index contributed by atoms with van der Waals surface area (Å²) in [6, 6.07) is 2.17. The first-order valence-corrected chi connectivity index (χ1v) is 8.60. The Kier molecular flexibility index (Phi) is 6.04. The Labute approximate surface area is 139 Å². The lowest BCUT2D eigenvalue weighted by molar-refractivity contribution is 0.0497. The van der Waals surface area contributed by atoms with Gasteiger partial charge in [0.15, 0.2) is 0 Å². The fourth-order valence-corrected chi connectivity index (χ4v) is 2.57.